The van der Waals surface area contributed by atoms with Gasteiger partial charge >= 0.3 is 6.18 Å². The summed E-state index contributed by atoms with van der Waals surface area (Å²) in [5, 5.41) is 2.58. The minimum absolute atomic E-state index is 0.0959. The quantitative estimate of drug-likeness (QED) is 0.909. The van der Waals surface area contributed by atoms with Crippen LogP contribution in [0.1, 0.15) is 11.1 Å². The van der Waals surface area contributed by atoms with Crippen LogP contribution in [0.4, 0.5) is 18.9 Å². The van der Waals surface area contributed by atoms with Gasteiger partial charge in [0, 0.05) is 19.3 Å². The van der Waals surface area contributed by atoms with E-state index in [0.717, 1.165) is 11.6 Å². The number of amides is 1. The summed E-state index contributed by atoms with van der Waals surface area (Å²) in [5.41, 5.74) is 0.0824. The molecule has 1 amide bonds. The van der Waals surface area contributed by atoms with Gasteiger partial charge in [-0.3, -0.25) is 4.79 Å². The summed E-state index contributed by atoms with van der Waals surface area (Å²) in [5.74, 6) is -0.286. The number of para-hydroxylation sites is 1. The fraction of sp³-hybridized carbons (Fsp3) is 0.235. The molecule has 0 aliphatic rings. The lowest BCUT2D eigenvalue weighted by Gasteiger charge is -2.19. The zero-order valence-electron chi connectivity index (χ0n) is 12.6. The van der Waals surface area contributed by atoms with Crippen molar-refractivity contribution in [3.8, 4) is 0 Å². The molecule has 0 saturated carbocycles. The number of benzene rings is 2. The van der Waals surface area contributed by atoms with Crippen molar-refractivity contribution in [2.45, 2.75) is 12.7 Å². The van der Waals surface area contributed by atoms with E-state index < -0.39 is 11.7 Å². The zero-order chi connectivity index (χ0) is 16.9. The van der Waals surface area contributed by atoms with Crippen molar-refractivity contribution < 1.29 is 18.0 Å². The summed E-state index contributed by atoms with van der Waals surface area (Å²) in [7, 11) is 1.62. The van der Waals surface area contributed by atoms with Crippen molar-refractivity contribution >= 4 is 11.6 Å². The molecule has 0 atom stereocenters. The second kappa shape index (κ2) is 7.17. The Labute approximate surface area is 132 Å². The highest BCUT2D eigenvalue weighted by Crippen LogP contribution is 2.34. The van der Waals surface area contributed by atoms with Crippen LogP contribution in [0.2, 0.25) is 0 Å². The summed E-state index contributed by atoms with van der Waals surface area (Å²) < 4.78 is 38.7. The molecule has 6 heteroatoms. The Morgan fingerprint density at radius 3 is 2.30 bits per heavy atom. The van der Waals surface area contributed by atoms with E-state index >= 15 is 0 Å². The van der Waals surface area contributed by atoms with E-state index in [1.54, 1.807) is 7.05 Å². The second-order valence-electron chi connectivity index (χ2n) is 5.13. The lowest BCUT2D eigenvalue weighted by Crippen LogP contribution is -2.32. The maximum atomic E-state index is 12.9. The minimum atomic E-state index is -4.46. The van der Waals surface area contributed by atoms with Crippen LogP contribution in [-0.2, 0) is 17.5 Å². The highest BCUT2D eigenvalue weighted by Gasteiger charge is 2.33. The van der Waals surface area contributed by atoms with Crippen LogP contribution < -0.4 is 5.32 Å². The highest BCUT2D eigenvalue weighted by molar-refractivity contribution is 5.81. The monoisotopic (exact) mass is 322 g/mol. The standard InChI is InChI=1S/C17H17F3N2O/c1-22(12-13-7-3-2-4-8-13)16(23)11-21-15-10-6-5-9-14(15)17(18,19)20/h2-10,21H,11-12H2,1H3. The predicted octanol–water partition coefficient (Wildman–Crippen LogP) is 3.78. The Morgan fingerprint density at radius 1 is 1.04 bits per heavy atom. The second-order valence-corrected chi connectivity index (χ2v) is 5.13. The molecule has 1 N–H and O–H groups in total. The Bertz CT molecular complexity index is 656. The van der Waals surface area contributed by atoms with E-state index in [-0.39, 0.29) is 18.1 Å². The normalized spacial score (nSPS) is 11.1. The van der Waals surface area contributed by atoms with E-state index in [1.165, 1.54) is 23.1 Å². The third-order valence-electron chi connectivity index (χ3n) is 3.35. The fourth-order valence-corrected chi connectivity index (χ4v) is 2.14. The molecular weight excluding hydrogens is 305 g/mol. The molecule has 0 aromatic heterocycles. The molecule has 122 valence electrons. The number of hydrogen-bond donors (Lipinski definition) is 1. The largest absolute Gasteiger partial charge is 0.418 e. The van der Waals surface area contributed by atoms with Crippen LogP contribution in [-0.4, -0.2) is 24.4 Å². The average molecular weight is 322 g/mol. The number of nitrogens with one attached hydrogen (secondary N) is 1. The fourth-order valence-electron chi connectivity index (χ4n) is 2.14. The number of halogens is 3. The van der Waals surface area contributed by atoms with Crippen molar-refractivity contribution in [2.24, 2.45) is 0 Å². The van der Waals surface area contributed by atoms with Gasteiger partial charge in [0.2, 0.25) is 5.91 Å². The zero-order valence-corrected chi connectivity index (χ0v) is 12.6. The molecule has 23 heavy (non-hydrogen) atoms. The first-order valence-electron chi connectivity index (χ1n) is 7.06. The first kappa shape index (κ1) is 16.9. The molecule has 2 rings (SSSR count). The minimum Gasteiger partial charge on any atom is -0.376 e. The van der Waals surface area contributed by atoms with Crippen LogP contribution in [0.15, 0.2) is 54.6 Å². The van der Waals surface area contributed by atoms with Gasteiger partial charge in [-0.15, -0.1) is 0 Å². The summed E-state index contributed by atoms with van der Waals surface area (Å²) in [6.07, 6.45) is -4.46. The third kappa shape index (κ3) is 4.74. The SMILES string of the molecule is CN(Cc1ccccc1)C(=O)CNc1ccccc1C(F)(F)F. The van der Waals surface area contributed by atoms with Crippen molar-refractivity contribution in [3.05, 3.63) is 65.7 Å². The highest BCUT2D eigenvalue weighted by atomic mass is 19.4. The first-order chi connectivity index (χ1) is 10.9. The van der Waals surface area contributed by atoms with Gasteiger partial charge in [0.15, 0.2) is 0 Å². The van der Waals surface area contributed by atoms with Gasteiger partial charge in [-0.1, -0.05) is 42.5 Å². The number of anilines is 1. The molecule has 0 unspecified atom stereocenters. The van der Waals surface area contributed by atoms with Gasteiger partial charge < -0.3 is 10.2 Å². The average Bonchev–Trinajstić information content (AvgIpc) is 2.53. The molecule has 0 fully saturated rings. The number of likely N-dealkylation sites (N-methyl/N-ethyl adjacent to an activating group) is 1. The van der Waals surface area contributed by atoms with Gasteiger partial charge in [-0.05, 0) is 17.7 Å². The summed E-state index contributed by atoms with van der Waals surface area (Å²) in [6, 6.07) is 14.5. The molecule has 2 aromatic rings. The van der Waals surface area contributed by atoms with Crippen molar-refractivity contribution in [1.82, 2.24) is 4.90 Å². The predicted molar refractivity (Wildman–Crippen MR) is 82.8 cm³/mol. The number of hydrogen-bond acceptors (Lipinski definition) is 2. The molecular formula is C17H17F3N2O. The number of alkyl halides is 3. The molecule has 0 heterocycles. The van der Waals surface area contributed by atoms with Gasteiger partial charge in [0.1, 0.15) is 0 Å². The number of carbonyl (C=O) groups excluding carboxylic acids is 1. The molecule has 0 radical (unpaired) electrons. The van der Waals surface area contributed by atoms with Gasteiger partial charge in [-0.2, -0.15) is 13.2 Å². The van der Waals surface area contributed by atoms with Crippen molar-refractivity contribution in [1.29, 1.82) is 0 Å². The lowest BCUT2D eigenvalue weighted by atomic mass is 10.1. The lowest BCUT2D eigenvalue weighted by molar-refractivity contribution is -0.137. The van der Waals surface area contributed by atoms with E-state index in [1.807, 2.05) is 30.3 Å². The van der Waals surface area contributed by atoms with Gasteiger partial charge in [0.25, 0.3) is 0 Å². The summed E-state index contributed by atoms with van der Waals surface area (Å²) in [4.78, 5) is 13.5. The number of rotatable bonds is 5. The molecule has 3 nitrogen and oxygen atoms in total. The van der Waals surface area contributed by atoms with Crippen LogP contribution in [0, 0.1) is 0 Å². The van der Waals surface area contributed by atoms with E-state index in [2.05, 4.69) is 5.32 Å². The van der Waals surface area contributed by atoms with Crippen LogP contribution in [0.3, 0.4) is 0 Å². The van der Waals surface area contributed by atoms with Crippen LogP contribution in [0.25, 0.3) is 0 Å². The third-order valence-corrected chi connectivity index (χ3v) is 3.35. The van der Waals surface area contributed by atoms with E-state index in [0.29, 0.717) is 6.54 Å². The van der Waals surface area contributed by atoms with Gasteiger partial charge in [0.05, 0.1) is 12.1 Å². The Morgan fingerprint density at radius 2 is 1.65 bits per heavy atom. The van der Waals surface area contributed by atoms with Crippen molar-refractivity contribution in [3.63, 3.8) is 0 Å². The molecule has 0 saturated heterocycles. The summed E-state index contributed by atoms with van der Waals surface area (Å²) in [6.45, 7) is 0.207. The molecule has 0 spiro atoms. The summed E-state index contributed by atoms with van der Waals surface area (Å²) >= 11 is 0. The molecule has 0 aliphatic carbocycles. The Kier molecular flexibility index (Phi) is 5.26. The molecule has 0 bridgehead atoms. The topological polar surface area (TPSA) is 32.3 Å². The van der Waals surface area contributed by atoms with E-state index in [4.69, 9.17) is 0 Å². The number of carbonyl (C=O) groups is 1. The molecule has 2 aromatic carbocycles. The van der Waals surface area contributed by atoms with Gasteiger partial charge in [-0.25, -0.2) is 0 Å². The Hall–Kier alpha value is -2.50. The smallest absolute Gasteiger partial charge is 0.376 e. The van der Waals surface area contributed by atoms with Crippen LogP contribution >= 0.6 is 0 Å². The maximum Gasteiger partial charge on any atom is 0.418 e. The molecule has 0 aliphatic heterocycles. The maximum absolute atomic E-state index is 12.9. The van der Waals surface area contributed by atoms with E-state index in [9.17, 15) is 18.0 Å². The first-order valence-corrected chi connectivity index (χ1v) is 7.06. The van der Waals surface area contributed by atoms with Crippen LogP contribution in [0.5, 0.6) is 0 Å². The van der Waals surface area contributed by atoms with Crippen molar-refractivity contribution in [2.75, 3.05) is 18.9 Å². The number of nitrogens with zero attached hydrogens (tertiary/aromatic N) is 1. The Balaban J connectivity index is 1.97.